The van der Waals surface area contributed by atoms with Gasteiger partial charge in [0.1, 0.15) is 17.4 Å². The standard InChI is InChI=1S/C18H20N4O3/c1-25-11-5-6-12-13(18(24)20-14(12)8-11)9-17(23)21-16-10-19-15-4-2-3-7-22(15)16/h5-6,8,10,13H,2-4,7,9H2,1H3,(H,20,24)(H,21,23)/t13-/m0/s1. The average molecular weight is 340 g/mol. The van der Waals surface area contributed by atoms with Crippen LogP contribution in [0, 0.1) is 0 Å². The summed E-state index contributed by atoms with van der Waals surface area (Å²) in [5, 5.41) is 5.73. The molecule has 2 aliphatic rings. The van der Waals surface area contributed by atoms with Crippen molar-refractivity contribution >= 4 is 23.3 Å². The van der Waals surface area contributed by atoms with E-state index in [1.54, 1.807) is 25.4 Å². The number of hydrogen-bond donors (Lipinski definition) is 2. The summed E-state index contributed by atoms with van der Waals surface area (Å²) < 4.78 is 7.22. The number of fused-ring (bicyclic) bond motifs is 2. The second kappa shape index (κ2) is 6.23. The van der Waals surface area contributed by atoms with Gasteiger partial charge in [0.05, 0.1) is 19.2 Å². The van der Waals surface area contributed by atoms with Crippen LogP contribution in [-0.2, 0) is 22.6 Å². The molecule has 2 N–H and O–H groups in total. The normalized spacial score (nSPS) is 18.3. The Morgan fingerprint density at radius 2 is 2.32 bits per heavy atom. The van der Waals surface area contributed by atoms with Crippen LogP contribution in [0.15, 0.2) is 24.4 Å². The summed E-state index contributed by atoms with van der Waals surface area (Å²) in [4.78, 5) is 29.1. The van der Waals surface area contributed by atoms with Crippen LogP contribution < -0.4 is 15.4 Å². The van der Waals surface area contributed by atoms with Crippen LogP contribution in [-0.4, -0.2) is 28.5 Å². The quantitative estimate of drug-likeness (QED) is 0.894. The molecule has 1 aromatic heterocycles. The van der Waals surface area contributed by atoms with Crippen molar-refractivity contribution in [1.29, 1.82) is 0 Å². The molecule has 0 radical (unpaired) electrons. The van der Waals surface area contributed by atoms with Crippen LogP contribution in [0.5, 0.6) is 5.75 Å². The second-order valence-corrected chi connectivity index (χ2v) is 6.42. The molecule has 0 aliphatic carbocycles. The maximum atomic E-state index is 12.5. The van der Waals surface area contributed by atoms with Crippen molar-refractivity contribution < 1.29 is 14.3 Å². The molecule has 1 atom stereocenters. The Balaban J connectivity index is 1.48. The van der Waals surface area contributed by atoms with E-state index in [2.05, 4.69) is 20.2 Å². The highest BCUT2D eigenvalue weighted by Gasteiger charge is 2.32. The fourth-order valence-corrected chi connectivity index (χ4v) is 3.53. The molecule has 0 saturated heterocycles. The topological polar surface area (TPSA) is 85.2 Å². The summed E-state index contributed by atoms with van der Waals surface area (Å²) in [7, 11) is 1.58. The molecule has 130 valence electrons. The zero-order valence-electron chi connectivity index (χ0n) is 14.0. The largest absolute Gasteiger partial charge is 0.497 e. The summed E-state index contributed by atoms with van der Waals surface area (Å²) in [6, 6.07) is 5.42. The number of anilines is 2. The number of amides is 2. The van der Waals surface area contributed by atoms with Gasteiger partial charge in [-0.05, 0) is 24.5 Å². The van der Waals surface area contributed by atoms with Gasteiger partial charge in [-0.2, -0.15) is 0 Å². The highest BCUT2D eigenvalue weighted by Crippen LogP contribution is 2.37. The van der Waals surface area contributed by atoms with E-state index >= 15 is 0 Å². The van der Waals surface area contributed by atoms with E-state index in [4.69, 9.17) is 4.74 Å². The molecule has 2 aliphatic heterocycles. The number of benzene rings is 1. The minimum absolute atomic E-state index is 0.103. The van der Waals surface area contributed by atoms with Crippen molar-refractivity contribution in [2.45, 2.75) is 38.1 Å². The number of aromatic nitrogens is 2. The molecule has 0 fully saturated rings. The lowest BCUT2D eigenvalue weighted by Gasteiger charge is -2.17. The highest BCUT2D eigenvalue weighted by atomic mass is 16.5. The Labute approximate surface area is 145 Å². The molecular weight excluding hydrogens is 320 g/mol. The van der Waals surface area contributed by atoms with Gasteiger partial charge in [-0.25, -0.2) is 4.98 Å². The van der Waals surface area contributed by atoms with Crippen molar-refractivity contribution in [2.24, 2.45) is 0 Å². The molecular formula is C18H20N4O3. The van der Waals surface area contributed by atoms with Crippen LogP contribution >= 0.6 is 0 Å². The Morgan fingerprint density at radius 1 is 1.44 bits per heavy atom. The number of rotatable bonds is 4. The highest BCUT2D eigenvalue weighted by molar-refractivity contribution is 6.06. The van der Waals surface area contributed by atoms with E-state index < -0.39 is 5.92 Å². The number of nitrogens with zero attached hydrogens (tertiary/aromatic N) is 2. The van der Waals surface area contributed by atoms with Crippen LogP contribution in [0.25, 0.3) is 0 Å². The lowest BCUT2D eigenvalue weighted by molar-refractivity contribution is -0.122. The first-order chi connectivity index (χ1) is 12.2. The third kappa shape index (κ3) is 2.86. The third-order valence-electron chi connectivity index (χ3n) is 4.84. The minimum Gasteiger partial charge on any atom is -0.497 e. The van der Waals surface area contributed by atoms with E-state index in [0.29, 0.717) is 17.3 Å². The minimum atomic E-state index is -0.482. The summed E-state index contributed by atoms with van der Waals surface area (Å²) >= 11 is 0. The van der Waals surface area contributed by atoms with Crippen molar-refractivity contribution in [3.8, 4) is 5.75 Å². The summed E-state index contributed by atoms with van der Waals surface area (Å²) in [5.74, 6) is 1.58. The molecule has 0 bridgehead atoms. The number of methoxy groups -OCH3 is 1. The van der Waals surface area contributed by atoms with Gasteiger partial charge >= 0.3 is 0 Å². The number of carbonyl (C=O) groups is 2. The van der Waals surface area contributed by atoms with Gasteiger partial charge in [-0.1, -0.05) is 6.07 Å². The number of nitrogens with one attached hydrogen (secondary N) is 2. The van der Waals surface area contributed by atoms with Gasteiger partial charge in [0.2, 0.25) is 11.8 Å². The summed E-state index contributed by atoms with van der Waals surface area (Å²) in [6.45, 7) is 0.873. The first-order valence-electron chi connectivity index (χ1n) is 8.49. The fourth-order valence-electron chi connectivity index (χ4n) is 3.53. The predicted octanol–water partition coefficient (Wildman–Crippen LogP) is 2.29. The van der Waals surface area contributed by atoms with E-state index in [1.165, 1.54) is 0 Å². The zero-order chi connectivity index (χ0) is 17.4. The molecule has 0 unspecified atom stereocenters. The molecule has 7 heteroatoms. The number of aryl methyl sites for hydroxylation is 1. The molecule has 3 heterocycles. The van der Waals surface area contributed by atoms with Crippen molar-refractivity contribution in [3.05, 3.63) is 35.8 Å². The van der Waals surface area contributed by atoms with Crippen LogP contribution in [0.3, 0.4) is 0 Å². The second-order valence-electron chi connectivity index (χ2n) is 6.42. The van der Waals surface area contributed by atoms with Crippen LogP contribution in [0.4, 0.5) is 11.5 Å². The Hall–Kier alpha value is -2.83. The first-order valence-corrected chi connectivity index (χ1v) is 8.49. The Bertz CT molecular complexity index is 843. The first kappa shape index (κ1) is 15.7. The van der Waals surface area contributed by atoms with Gasteiger partial charge in [0.25, 0.3) is 0 Å². The van der Waals surface area contributed by atoms with Gasteiger partial charge in [0.15, 0.2) is 0 Å². The van der Waals surface area contributed by atoms with Crippen molar-refractivity contribution in [3.63, 3.8) is 0 Å². The van der Waals surface area contributed by atoms with Gasteiger partial charge in [-0.15, -0.1) is 0 Å². The molecule has 25 heavy (non-hydrogen) atoms. The Morgan fingerprint density at radius 3 is 3.16 bits per heavy atom. The molecule has 1 aromatic carbocycles. The van der Waals surface area contributed by atoms with E-state index in [-0.39, 0.29) is 18.2 Å². The molecule has 0 saturated carbocycles. The predicted molar refractivity (Wildman–Crippen MR) is 92.8 cm³/mol. The fraction of sp³-hybridized carbons (Fsp3) is 0.389. The van der Waals surface area contributed by atoms with Crippen LogP contribution in [0.1, 0.15) is 36.6 Å². The average Bonchev–Trinajstić information content (AvgIpc) is 3.16. The lowest BCUT2D eigenvalue weighted by atomic mass is 9.97. The monoisotopic (exact) mass is 340 g/mol. The lowest BCUT2D eigenvalue weighted by Crippen LogP contribution is -2.22. The third-order valence-corrected chi connectivity index (χ3v) is 4.84. The molecule has 2 amide bonds. The molecule has 7 nitrogen and oxygen atoms in total. The maximum absolute atomic E-state index is 12.5. The van der Waals surface area contributed by atoms with E-state index in [1.807, 2.05) is 6.07 Å². The van der Waals surface area contributed by atoms with E-state index in [0.717, 1.165) is 37.2 Å². The number of imidazole rings is 1. The molecule has 4 rings (SSSR count). The summed E-state index contributed by atoms with van der Waals surface area (Å²) in [5.41, 5.74) is 1.54. The van der Waals surface area contributed by atoms with E-state index in [9.17, 15) is 9.59 Å². The smallest absolute Gasteiger partial charge is 0.232 e. The van der Waals surface area contributed by atoms with Crippen molar-refractivity contribution in [1.82, 2.24) is 9.55 Å². The summed E-state index contributed by atoms with van der Waals surface area (Å²) in [6.07, 6.45) is 4.97. The Kier molecular flexibility index (Phi) is 3.91. The molecule has 0 spiro atoms. The zero-order valence-corrected chi connectivity index (χ0v) is 14.0. The SMILES string of the molecule is COc1ccc2c(c1)NC(=O)[C@H]2CC(=O)Nc1cnc2n1CCCC2. The van der Waals surface area contributed by atoms with Gasteiger partial charge in [-0.3, -0.25) is 9.59 Å². The number of carbonyl (C=O) groups excluding carboxylic acids is 2. The van der Waals surface area contributed by atoms with Crippen LogP contribution in [0.2, 0.25) is 0 Å². The maximum Gasteiger partial charge on any atom is 0.232 e. The number of ether oxygens (including phenoxy) is 1. The van der Waals surface area contributed by atoms with Gasteiger partial charge < -0.3 is 19.9 Å². The number of hydrogen-bond acceptors (Lipinski definition) is 4. The van der Waals surface area contributed by atoms with Crippen molar-refractivity contribution in [2.75, 3.05) is 17.7 Å². The van der Waals surface area contributed by atoms with Gasteiger partial charge in [0, 0.05) is 31.1 Å². The molecule has 2 aromatic rings.